The molecule has 170 valence electrons. The van der Waals surface area contributed by atoms with Crippen LogP contribution in [0.1, 0.15) is 17.5 Å². The molecule has 1 atom stereocenters. The molecule has 1 aliphatic rings. The van der Waals surface area contributed by atoms with E-state index in [4.69, 9.17) is 4.52 Å². The van der Waals surface area contributed by atoms with Gasteiger partial charge < -0.3 is 14.7 Å². The molecule has 0 saturated carbocycles. The Morgan fingerprint density at radius 2 is 1.53 bits per heavy atom. The number of amides is 2. The fraction of sp³-hybridized carbons (Fsp3) is 0.185. The molecule has 1 aromatic heterocycles. The van der Waals surface area contributed by atoms with E-state index in [9.17, 15) is 9.59 Å². The number of nitrogens with one attached hydrogen (secondary N) is 1. The third-order valence-electron chi connectivity index (χ3n) is 5.98. The number of hydrogen-bond donors (Lipinski definition) is 1. The maximum Gasteiger partial charge on any atom is 0.258 e. The van der Waals surface area contributed by atoms with Crippen molar-refractivity contribution in [2.75, 3.05) is 16.8 Å². The average molecular weight is 453 g/mol. The molecule has 3 aromatic carbocycles. The van der Waals surface area contributed by atoms with E-state index >= 15 is 0 Å². The summed E-state index contributed by atoms with van der Waals surface area (Å²) in [6, 6.07) is 22.9. The van der Waals surface area contributed by atoms with E-state index in [0.29, 0.717) is 23.9 Å². The van der Waals surface area contributed by atoms with Crippen molar-refractivity contribution in [3.05, 3.63) is 83.9 Å². The second kappa shape index (κ2) is 8.94. The molecular weight excluding hydrogens is 428 g/mol. The van der Waals surface area contributed by atoms with Gasteiger partial charge >= 0.3 is 0 Å². The van der Waals surface area contributed by atoms with Crippen LogP contribution in [0.25, 0.3) is 22.8 Å². The SMILES string of the molecule is Cc1ccc(-c2noc(-c3ccc(NC(=O)[C@H]4CC(=O)N(c5ccc(C)cc5)C4)cc3)n2)cc1. The summed E-state index contributed by atoms with van der Waals surface area (Å²) in [4.78, 5) is 31.4. The van der Waals surface area contributed by atoms with Gasteiger partial charge in [-0.1, -0.05) is 52.7 Å². The number of nitrogens with zero attached hydrogens (tertiary/aromatic N) is 3. The normalized spacial score (nSPS) is 15.5. The van der Waals surface area contributed by atoms with Gasteiger partial charge in [-0.2, -0.15) is 4.98 Å². The predicted molar refractivity (Wildman–Crippen MR) is 130 cm³/mol. The Kier molecular flexibility index (Phi) is 5.67. The number of aryl methyl sites for hydroxylation is 2. The molecule has 1 fully saturated rings. The number of benzene rings is 3. The number of carbonyl (C=O) groups is 2. The van der Waals surface area contributed by atoms with Gasteiger partial charge in [-0.3, -0.25) is 9.59 Å². The monoisotopic (exact) mass is 452 g/mol. The van der Waals surface area contributed by atoms with Crippen LogP contribution in [0.4, 0.5) is 11.4 Å². The fourth-order valence-corrected chi connectivity index (χ4v) is 3.96. The van der Waals surface area contributed by atoms with Gasteiger partial charge in [-0.15, -0.1) is 0 Å². The highest BCUT2D eigenvalue weighted by molar-refractivity contribution is 6.03. The minimum absolute atomic E-state index is 0.0416. The lowest BCUT2D eigenvalue weighted by Crippen LogP contribution is -2.28. The quantitative estimate of drug-likeness (QED) is 0.460. The number of aromatic nitrogens is 2. The van der Waals surface area contributed by atoms with Gasteiger partial charge in [0.15, 0.2) is 0 Å². The van der Waals surface area contributed by atoms with E-state index in [2.05, 4.69) is 15.5 Å². The van der Waals surface area contributed by atoms with Gasteiger partial charge in [-0.05, 0) is 50.2 Å². The Balaban J connectivity index is 1.23. The Labute approximate surface area is 197 Å². The van der Waals surface area contributed by atoms with Crippen LogP contribution in [0, 0.1) is 19.8 Å². The number of hydrogen-bond acceptors (Lipinski definition) is 5. The molecule has 0 bridgehead atoms. The Hall–Kier alpha value is -4.26. The van der Waals surface area contributed by atoms with Crippen LogP contribution in [-0.4, -0.2) is 28.5 Å². The molecule has 0 spiro atoms. The third kappa shape index (κ3) is 4.45. The summed E-state index contributed by atoms with van der Waals surface area (Å²) in [5, 5.41) is 6.98. The summed E-state index contributed by atoms with van der Waals surface area (Å²) in [5.74, 6) is 0.316. The topological polar surface area (TPSA) is 88.3 Å². The van der Waals surface area contributed by atoms with Gasteiger partial charge in [0, 0.05) is 35.5 Å². The Morgan fingerprint density at radius 3 is 2.21 bits per heavy atom. The number of anilines is 2. The first kappa shape index (κ1) is 21.6. The van der Waals surface area contributed by atoms with Gasteiger partial charge in [-0.25, -0.2) is 0 Å². The van der Waals surface area contributed by atoms with E-state index in [1.165, 1.54) is 0 Å². The van der Waals surface area contributed by atoms with Crippen LogP contribution < -0.4 is 10.2 Å². The molecule has 7 heteroatoms. The zero-order valence-corrected chi connectivity index (χ0v) is 19.0. The minimum atomic E-state index is -0.401. The van der Waals surface area contributed by atoms with E-state index in [-0.39, 0.29) is 18.2 Å². The summed E-state index contributed by atoms with van der Waals surface area (Å²) in [5.41, 5.74) is 5.39. The lowest BCUT2D eigenvalue weighted by Gasteiger charge is -2.17. The molecule has 1 aliphatic heterocycles. The molecule has 2 heterocycles. The zero-order valence-electron chi connectivity index (χ0n) is 19.0. The molecule has 4 aromatic rings. The smallest absolute Gasteiger partial charge is 0.258 e. The second-order valence-electron chi connectivity index (χ2n) is 8.60. The van der Waals surface area contributed by atoms with Gasteiger partial charge in [0.25, 0.3) is 5.89 Å². The van der Waals surface area contributed by atoms with Crippen molar-refractivity contribution in [1.29, 1.82) is 0 Å². The molecule has 0 unspecified atom stereocenters. The van der Waals surface area contributed by atoms with Crippen molar-refractivity contribution >= 4 is 23.2 Å². The first-order chi connectivity index (χ1) is 16.5. The number of carbonyl (C=O) groups excluding carboxylic acids is 2. The maximum absolute atomic E-state index is 12.8. The highest BCUT2D eigenvalue weighted by atomic mass is 16.5. The van der Waals surface area contributed by atoms with E-state index in [1.807, 2.05) is 74.5 Å². The number of rotatable bonds is 5. The highest BCUT2D eigenvalue weighted by Crippen LogP contribution is 2.27. The molecular formula is C27H24N4O3. The highest BCUT2D eigenvalue weighted by Gasteiger charge is 2.35. The van der Waals surface area contributed by atoms with Crippen molar-refractivity contribution in [1.82, 2.24) is 10.1 Å². The Bertz CT molecular complexity index is 1330. The van der Waals surface area contributed by atoms with Crippen molar-refractivity contribution in [2.45, 2.75) is 20.3 Å². The van der Waals surface area contributed by atoms with Crippen molar-refractivity contribution in [3.63, 3.8) is 0 Å². The summed E-state index contributed by atoms with van der Waals surface area (Å²) < 4.78 is 5.42. The molecule has 2 amide bonds. The second-order valence-corrected chi connectivity index (χ2v) is 8.60. The molecule has 34 heavy (non-hydrogen) atoms. The lowest BCUT2D eigenvalue weighted by molar-refractivity contribution is -0.122. The average Bonchev–Trinajstić information content (AvgIpc) is 3.48. The van der Waals surface area contributed by atoms with E-state index in [1.54, 1.807) is 17.0 Å². The van der Waals surface area contributed by atoms with Gasteiger partial charge in [0.05, 0.1) is 5.92 Å². The van der Waals surface area contributed by atoms with Crippen LogP contribution in [-0.2, 0) is 9.59 Å². The molecule has 1 saturated heterocycles. The summed E-state index contributed by atoms with van der Waals surface area (Å²) >= 11 is 0. The molecule has 1 N–H and O–H groups in total. The summed E-state index contributed by atoms with van der Waals surface area (Å²) in [6.45, 7) is 4.39. The van der Waals surface area contributed by atoms with Crippen LogP contribution in [0.2, 0.25) is 0 Å². The van der Waals surface area contributed by atoms with Crippen molar-refractivity contribution in [2.24, 2.45) is 5.92 Å². The first-order valence-electron chi connectivity index (χ1n) is 11.2. The molecule has 7 nitrogen and oxygen atoms in total. The molecule has 0 radical (unpaired) electrons. The maximum atomic E-state index is 12.8. The van der Waals surface area contributed by atoms with Crippen molar-refractivity contribution in [3.8, 4) is 22.8 Å². The fourth-order valence-electron chi connectivity index (χ4n) is 3.96. The van der Waals surface area contributed by atoms with Crippen LogP contribution in [0.15, 0.2) is 77.3 Å². The molecule has 0 aliphatic carbocycles. The van der Waals surface area contributed by atoms with Gasteiger partial charge in [0.1, 0.15) is 0 Å². The van der Waals surface area contributed by atoms with Crippen LogP contribution in [0.3, 0.4) is 0 Å². The third-order valence-corrected chi connectivity index (χ3v) is 5.98. The standard InChI is InChI=1S/C27H24N4O3/c1-17-3-7-19(8-4-17)25-29-27(34-30-25)20-9-11-22(12-10-20)28-26(33)21-15-24(32)31(16-21)23-13-5-18(2)6-14-23/h3-14,21H,15-16H2,1-2H3,(H,28,33)/t21-/m0/s1. The summed E-state index contributed by atoms with van der Waals surface area (Å²) in [6.07, 6.45) is 0.196. The van der Waals surface area contributed by atoms with Crippen LogP contribution in [0.5, 0.6) is 0 Å². The Morgan fingerprint density at radius 1 is 0.912 bits per heavy atom. The molecule has 5 rings (SSSR count). The largest absolute Gasteiger partial charge is 0.334 e. The van der Waals surface area contributed by atoms with E-state index < -0.39 is 5.92 Å². The van der Waals surface area contributed by atoms with Crippen LogP contribution >= 0.6 is 0 Å². The van der Waals surface area contributed by atoms with E-state index in [0.717, 1.165) is 27.9 Å². The van der Waals surface area contributed by atoms with Crippen molar-refractivity contribution < 1.29 is 14.1 Å². The minimum Gasteiger partial charge on any atom is -0.334 e. The zero-order chi connectivity index (χ0) is 23.7. The summed E-state index contributed by atoms with van der Waals surface area (Å²) in [7, 11) is 0. The lowest BCUT2D eigenvalue weighted by atomic mass is 10.1. The van der Waals surface area contributed by atoms with Gasteiger partial charge in [0.2, 0.25) is 17.6 Å². The first-order valence-corrected chi connectivity index (χ1v) is 11.2. The predicted octanol–water partition coefficient (Wildman–Crippen LogP) is 5.01.